The fourth-order valence-electron chi connectivity index (χ4n) is 5.77. The Hall–Kier alpha value is -5.46. The monoisotopic (exact) mass is 580 g/mol. The molecule has 0 spiro atoms. The molecule has 0 bridgehead atoms. The molecule has 218 valence electrons. The van der Waals surface area contributed by atoms with E-state index in [2.05, 4.69) is 17.1 Å². The molecule has 0 aliphatic carbocycles. The second kappa shape index (κ2) is 14.1. The van der Waals surface area contributed by atoms with Crippen LogP contribution < -0.4 is 0 Å². The molecule has 44 heavy (non-hydrogen) atoms. The maximum Gasteiger partial charge on any atom is 0.213 e. The Balaban J connectivity index is 1.65. The number of hydrogen-bond acceptors (Lipinski definition) is 6. The number of nitrogens with zero attached hydrogens (tertiary/aromatic N) is 6. The van der Waals surface area contributed by atoms with Gasteiger partial charge in [0.15, 0.2) is 0 Å². The molecule has 8 nitrogen and oxygen atoms in total. The number of rotatable bonds is 8. The highest BCUT2D eigenvalue weighted by atomic mass is 16.3. The smallest absolute Gasteiger partial charge is 0.213 e. The third-order valence-electron chi connectivity index (χ3n) is 8.05. The van der Waals surface area contributed by atoms with Crippen LogP contribution in [0.1, 0.15) is 33.4 Å². The highest BCUT2D eigenvalue weighted by molar-refractivity contribution is 5.82. The first-order valence-corrected chi connectivity index (χ1v) is 14.4. The summed E-state index contributed by atoms with van der Waals surface area (Å²) in [6.45, 7) is 0.546. The van der Waals surface area contributed by atoms with E-state index in [1.165, 1.54) is 0 Å². The van der Waals surface area contributed by atoms with Gasteiger partial charge in [0, 0.05) is 13.1 Å². The maximum absolute atomic E-state index is 12.0. The number of hydrogen-bond donors (Lipinski definition) is 2. The van der Waals surface area contributed by atoms with Crippen molar-refractivity contribution in [3.63, 3.8) is 0 Å². The van der Waals surface area contributed by atoms with Crippen LogP contribution in [0.15, 0.2) is 114 Å². The molecule has 2 N–H and O–H groups in total. The number of aliphatic imine (C=N–C) groups is 1. The van der Waals surface area contributed by atoms with Crippen molar-refractivity contribution >= 4 is 5.96 Å². The van der Waals surface area contributed by atoms with Crippen molar-refractivity contribution in [1.29, 1.82) is 15.8 Å². The Morgan fingerprint density at radius 1 is 0.545 bits per heavy atom. The van der Waals surface area contributed by atoms with Gasteiger partial charge in [0.05, 0.1) is 35.3 Å². The van der Waals surface area contributed by atoms with Crippen LogP contribution in [-0.2, 0) is 25.9 Å². The minimum atomic E-state index is -1.20. The summed E-state index contributed by atoms with van der Waals surface area (Å²) in [7, 11) is 0. The third-order valence-corrected chi connectivity index (χ3v) is 8.05. The van der Waals surface area contributed by atoms with E-state index in [0.29, 0.717) is 29.9 Å². The quantitative estimate of drug-likeness (QED) is 0.293. The predicted octanol–water partition coefficient (Wildman–Crippen LogP) is 4.53. The maximum atomic E-state index is 12.0. The first kappa shape index (κ1) is 30.0. The van der Waals surface area contributed by atoms with Gasteiger partial charge in [-0.15, -0.1) is 4.99 Å². The minimum Gasteiger partial charge on any atom is -0.388 e. The van der Waals surface area contributed by atoms with Crippen molar-refractivity contribution in [3.8, 4) is 18.3 Å². The van der Waals surface area contributed by atoms with Crippen LogP contribution in [0.4, 0.5) is 0 Å². The van der Waals surface area contributed by atoms with Gasteiger partial charge in [-0.05, 0) is 59.4 Å². The van der Waals surface area contributed by atoms with E-state index in [1.807, 2.05) is 101 Å². The summed E-state index contributed by atoms with van der Waals surface area (Å²) in [5.74, 6) is 0.332. The molecule has 0 aromatic heterocycles. The molecule has 1 aliphatic rings. The molecule has 1 aliphatic heterocycles. The van der Waals surface area contributed by atoms with Crippen molar-refractivity contribution in [1.82, 2.24) is 9.80 Å². The lowest BCUT2D eigenvalue weighted by Crippen LogP contribution is -2.51. The van der Waals surface area contributed by atoms with Gasteiger partial charge in [-0.2, -0.15) is 15.8 Å². The molecule has 1 saturated heterocycles. The average Bonchev–Trinajstić information content (AvgIpc) is 3.13. The topological polar surface area (TPSA) is 131 Å². The van der Waals surface area contributed by atoms with E-state index in [4.69, 9.17) is 0 Å². The van der Waals surface area contributed by atoms with Crippen LogP contribution in [0.3, 0.4) is 0 Å². The second-order valence-electron chi connectivity index (χ2n) is 10.9. The van der Waals surface area contributed by atoms with Crippen LogP contribution >= 0.6 is 0 Å². The van der Waals surface area contributed by atoms with Crippen LogP contribution in [0, 0.1) is 34.1 Å². The molecule has 8 heteroatoms. The van der Waals surface area contributed by atoms with Gasteiger partial charge in [0.2, 0.25) is 12.2 Å². The number of aliphatic hydroxyl groups is 2. The SMILES string of the molecule is N#CN=C1N(Cc2ccc(C#N)cc2)[C@H](Cc2ccccc2)[C@H](O)[C@@H](O)[C@@H](Cc2ccccc2)N1Cc1ccc(C#N)cc1. The van der Waals surface area contributed by atoms with Crippen LogP contribution in [0.25, 0.3) is 0 Å². The van der Waals surface area contributed by atoms with E-state index in [1.54, 1.807) is 24.3 Å². The van der Waals surface area contributed by atoms with Gasteiger partial charge in [-0.1, -0.05) is 84.9 Å². The Bertz CT molecular complexity index is 1570. The Kier molecular flexibility index (Phi) is 9.64. The lowest BCUT2D eigenvalue weighted by Gasteiger charge is -2.38. The highest BCUT2D eigenvalue weighted by Crippen LogP contribution is 2.30. The molecule has 0 amide bonds. The molecular formula is C36H32N6O2. The van der Waals surface area contributed by atoms with Gasteiger partial charge in [-0.25, -0.2) is 0 Å². The highest BCUT2D eigenvalue weighted by Gasteiger charge is 2.45. The minimum absolute atomic E-state index is 0.273. The van der Waals surface area contributed by atoms with Gasteiger partial charge in [-0.3, -0.25) is 0 Å². The fraction of sp³-hybridized carbons (Fsp3) is 0.222. The van der Waals surface area contributed by atoms with Crippen LogP contribution in [0.5, 0.6) is 0 Å². The number of aliphatic hydroxyl groups excluding tert-OH is 2. The molecule has 1 heterocycles. The lowest BCUT2D eigenvalue weighted by molar-refractivity contribution is -0.0408. The standard InChI is InChI=1S/C36H32N6O2/c37-21-28-11-15-30(16-12-28)23-41-32(19-26-7-3-1-4-8-26)34(43)35(44)33(20-27-9-5-2-6-10-27)42(36(41)40-25-39)24-31-17-13-29(22-38)14-18-31/h1-18,32-35,43-44H,19-20,23-24H2/t32-,33-,34+,35+/m1/s1. The molecule has 0 saturated carbocycles. The molecule has 5 rings (SSSR count). The average molecular weight is 581 g/mol. The van der Waals surface area contributed by atoms with Gasteiger partial charge < -0.3 is 20.0 Å². The molecule has 4 atom stereocenters. The number of nitriles is 3. The predicted molar refractivity (Wildman–Crippen MR) is 166 cm³/mol. The normalized spacial score (nSPS) is 19.8. The molecular weight excluding hydrogens is 548 g/mol. The van der Waals surface area contributed by atoms with Crippen LogP contribution in [-0.4, -0.2) is 50.3 Å². The summed E-state index contributed by atoms with van der Waals surface area (Å²) in [5.41, 5.74) is 4.69. The Morgan fingerprint density at radius 3 is 1.27 bits per heavy atom. The van der Waals surface area contributed by atoms with E-state index >= 15 is 0 Å². The molecule has 4 aromatic carbocycles. The zero-order valence-electron chi connectivity index (χ0n) is 24.1. The zero-order chi connectivity index (χ0) is 30.9. The zero-order valence-corrected chi connectivity index (χ0v) is 24.1. The van der Waals surface area contributed by atoms with Crippen molar-refractivity contribution in [2.45, 2.75) is 50.2 Å². The fourth-order valence-corrected chi connectivity index (χ4v) is 5.77. The lowest BCUT2D eigenvalue weighted by atomic mass is 9.91. The molecule has 0 unspecified atom stereocenters. The summed E-state index contributed by atoms with van der Waals surface area (Å²) < 4.78 is 0. The van der Waals surface area contributed by atoms with Crippen molar-refractivity contribution in [3.05, 3.63) is 143 Å². The molecule has 0 radical (unpaired) electrons. The van der Waals surface area contributed by atoms with Gasteiger partial charge in [0.1, 0.15) is 12.2 Å². The third kappa shape index (κ3) is 6.94. The van der Waals surface area contributed by atoms with E-state index in [0.717, 1.165) is 22.3 Å². The molecule has 4 aromatic rings. The second-order valence-corrected chi connectivity index (χ2v) is 10.9. The van der Waals surface area contributed by atoms with Crippen molar-refractivity contribution in [2.75, 3.05) is 0 Å². The molecule has 1 fully saturated rings. The van der Waals surface area contributed by atoms with Crippen molar-refractivity contribution < 1.29 is 10.2 Å². The largest absolute Gasteiger partial charge is 0.388 e. The van der Waals surface area contributed by atoms with E-state index in [-0.39, 0.29) is 13.1 Å². The Morgan fingerprint density at radius 2 is 0.932 bits per heavy atom. The first-order chi connectivity index (χ1) is 21.5. The van der Waals surface area contributed by atoms with E-state index < -0.39 is 24.3 Å². The number of guanidine groups is 1. The van der Waals surface area contributed by atoms with Crippen molar-refractivity contribution in [2.24, 2.45) is 4.99 Å². The summed E-state index contributed by atoms with van der Waals surface area (Å²) in [4.78, 5) is 8.17. The Labute approximate surface area is 257 Å². The summed E-state index contributed by atoms with van der Waals surface area (Å²) in [5, 5.41) is 52.6. The first-order valence-electron chi connectivity index (χ1n) is 14.4. The summed E-state index contributed by atoms with van der Waals surface area (Å²) in [6.07, 6.45) is 0.376. The van der Waals surface area contributed by atoms with Gasteiger partial charge in [0.25, 0.3) is 0 Å². The van der Waals surface area contributed by atoms with Crippen LogP contribution in [0.2, 0.25) is 0 Å². The summed E-state index contributed by atoms with van der Waals surface area (Å²) >= 11 is 0. The van der Waals surface area contributed by atoms with Gasteiger partial charge >= 0.3 is 0 Å². The summed E-state index contributed by atoms with van der Waals surface area (Å²) in [6, 6.07) is 36.8. The number of benzene rings is 4. The van der Waals surface area contributed by atoms with E-state index in [9.17, 15) is 26.0 Å².